The molecule has 1 aliphatic heterocycles. The van der Waals surface area contributed by atoms with Crippen LogP contribution >= 0.6 is 0 Å². The first-order valence-electron chi connectivity index (χ1n) is 16.3. The van der Waals surface area contributed by atoms with Gasteiger partial charge in [-0.3, -0.25) is 4.57 Å². The molecule has 5 rings (SSSR count). The molecule has 2 aromatic carbocycles. The number of nitrogens with zero attached hydrogens (tertiary/aromatic N) is 2. The number of alkyl carbamates (subject to hydrolysis) is 1. The summed E-state index contributed by atoms with van der Waals surface area (Å²) < 4.78 is 26.2. The van der Waals surface area contributed by atoms with E-state index in [-0.39, 0.29) is 23.8 Å². The number of fused-ring (bicyclic) bond motifs is 1. The molecule has 46 heavy (non-hydrogen) atoms. The van der Waals surface area contributed by atoms with Crippen LogP contribution in [0.5, 0.6) is 0 Å². The minimum atomic E-state index is -2.12. The smallest absolute Gasteiger partial charge is 0.407 e. The van der Waals surface area contributed by atoms with Crippen molar-refractivity contribution < 1.29 is 23.1 Å². The maximum atomic E-state index is 13.2. The molecule has 2 aromatic heterocycles. The third kappa shape index (κ3) is 8.15. The highest BCUT2D eigenvalue weighted by molar-refractivity contribution is 6.74. The zero-order valence-electron chi connectivity index (χ0n) is 27.9. The van der Waals surface area contributed by atoms with Gasteiger partial charge < -0.3 is 23.6 Å². The molecule has 4 aromatic rings. The molecule has 0 spiro atoms. The van der Waals surface area contributed by atoms with Crippen LogP contribution in [0.3, 0.4) is 0 Å². The van der Waals surface area contributed by atoms with Gasteiger partial charge in [-0.15, -0.1) is 0 Å². The Kier molecular flexibility index (Phi) is 10.5. The number of hydrogen-bond donors (Lipinski definition) is 1. The molecule has 1 saturated heterocycles. The predicted octanol–water partition coefficient (Wildman–Crippen LogP) is 7.99. The Bertz CT molecular complexity index is 1660. The molecule has 9 nitrogen and oxygen atoms in total. The van der Waals surface area contributed by atoms with Gasteiger partial charge in [-0.25, -0.2) is 9.59 Å². The highest BCUT2D eigenvalue weighted by Crippen LogP contribution is 2.38. The van der Waals surface area contributed by atoms with Crippen LogP contribution < -0.4 is 11.0 Å². The van der Waals surface area contributed by atoms with E-state index in [9.17, 15) is 9.59 Å². The summed E-state index contributed by atoms with van der Waals surface area (Å²) in [5.41, 5.74) is 2.95. The zero-order chi connectivity index (χ0) is 32.9. The van der Waals surface area contributed by atoms with Crippen LogP contribution in [0.25, 0.3) is 22.4 Å². The van der Waals surface area contributed by atoms with Gasteiger partial charge in [0.05, 0.1) is 12.0 Å². The van der Waals surface area contributed by atoms with Crippen molar-refractivity contribution in [3.63, 3.8) is 0 Å². The Balaban J connectivity index is 1.33. The number of benzene rings is 2. The lowest BCUT2D eigenvalue weighted by atomic mass is 10.0. The van der Waals surface area contributed by atoms with E-state index in [4.69, 9.17) is 18.3 Å². The number of hydrogen-bond acceptors (Lipinski definition) is 7. The molecule has 0 bridgehead atoms. The van der Waals surface area contributed by atoms with Crippen LogP contribution in [-0.2, 0) is 26.9 Å². The van der Waals surface area contributed by atoms with Crippen molar-refractivity contribution in [3.8, 4) is 11.3 Å². The Morgan fingerprint density at radius 1 is 1.07 bits per heavy atom. The second-order valence-electron chi connectivity index (χ2n) is 13.7. The van der Waals surface area contributed by atoms with Crippen molar-refractivity contribution in [3.05, 3.63) is 88.5 Å². The molecule has 246 valence electrons. The number of unbranched alkanes of at least 4 members (excludes halogenated alkanes) is 2. The van der Waals surface area contributed by atoms with Gasteiger partial charge in [-0.05, 0) is 48.2 Å². The van der Waals surface area contributed by atoms with Gasteiger partial charge in [0.15, 0.2) is 8.32 Å². The first kappa shape index (κ1) is 33.6. The maximum absolute atomic E-state index is 13.2. The molecule has 0 aliphatic carbocycles. The Morgan fingerprint density at radius 2 is 1.80 bits per heavy atom. The standard InChI is InChI=1S/C36H47N3O6Si/c1-7-8-10-13-25-16-18-27(19-17-25)29-20-28-23-39(34(40)38-33(28)44-29)32-21-30(31(43-32)24-42-46(5,6)36(2,3)4)45-35(41)37-22-26-14-11-9-12-15-26/h9,11-12,14-20,23,30-32H,7-8,10,13,21-22,24H2,1-6H3,(H,37,41). The molecule has 0 radical (unpaired) electrons. The average Bonchev–Trinajstić information content (AvgIpc) is 3.62. The fraction of sp³-hybridized carbons (Fsp3) is 0.472. The molecule has 1 fully saturated rings. The molecular weight excluding hydrogens is 598 g/mol. The lowest BCUT2D eigenvalue weighted by molar-refractivity contribution is -0.0457. The highest BCUT2D eigenvalue weighted by Gasteiger charge is 2.43. The third-order valence-electron chi connectivity index (χ3n) is 9.19. The van der Waals surface area contributed by atoms with Crippen molar-refractivity contribution in [1.82, 2.24) is 14.9 Å². The third-order valence-corrected chi connectivity index (χ3v) is 13.7. The van der Waals surface area contributed by atoms with Gasteiger partial charge in [-0.2, -0.15) is 4.98 Å². The van der Waals surface area contributed by atoms with Crippen LogP contribution in [0, 0.1) is 0 Å². The summed E-state index contributed by atoms with van der Waals surface area (Å²) in [7, 11) is -2.12. The molecule has 1 aliphatic rings. The summed E-state index contributed by atoms with van der Waals surface area (Å²) in [6.45, 7) is 13.6. The van der Waals surface area contributed by atoms with Crippen LogP contribution in [0.4, 0.5) is 4.79 Å². The molecule has 1 N–H and O–H groups in total. The monoisotopic (exact) mass is 645 g/mol. The van der Waals surface area contributed by atoms with E-state index >= 15 is 0 Å². The van der Waals surface area contributed by atoms with Gasteiger partial charge in [0, 0.05) is 24.7 Å². The zero-order valence-corrected chi connectivity index (χ0v) is 28.9. The Morgan fingerprint density at radius 3 is 2.50 bits per heavy atom. The van der Waals surface area contributed by atoms with Crippen LogP contribution in [-0.4, -0.2) is 42.8 Å². The topological polar surface area (TPSA) is 105 Å². The largest absolute Gasteiger partial charge is 0.443 e. The lowest BCUT2D eigenvalue weighted by Gasteiger charge is -2.37. The molecular formula is C36H47N3O6Si. The number of rotatable bonds is 12. The molecule has 0 saturated carbocycles. The van der Waals surface area contributed by atoms with E-state index in [1.165, 1.54) is 29.4 Å². The molecule has 10 heteroatoms. The number of amides is 1. The second kappa shape index (κ2) is 14.4. The van der Waals surface area contributed by atoms with Crippen LogP contribution in [0.1, 0.15) is 70.7 Å². The van der Waals surface area contributed by atoms with Gasteiger partial charge in [0.25, 0.3) is 0 Å². The number of furan rings is 1. The number of carbonyl (C=O) groups is 1. The van der Waals surface area contributed by atoms with Crippen molar-refractivity contribution in [1.29, 1.82) is 0 Å². The highest BCUT2D eigenvalue weighted by atomic mass is 28.4. The van der Waals surface area contributed by atoms with Crippen molar-refractivity contribution in [2.75, 3.05) is 6.61 Å². The van der Waals surface area contributed by atoms with E-state index in [1.807, 2.05) is 48.5 Å². The number of carbonyl (C=O) groups excluding carboxylic acids is 1. The minimum Gasteiger partial charge on any atom is -0.443 e. The summed E-state index contributed by atoms with van der Waals surface area (Å²) in [5, 5.41) is 3.50. The molecule has 3 heterocycles. The number of ether oxygens (including phenoxy) is 2. The second-order valence-corrected chi connectivity index (χ2v) is 18.5. The summed E-state index contributed by atoms with van der Waals surface area (Å²) in [5.74, 6) is 0.643. The average molecular weight is 646 g/mol. The predicted molar refractivity (Wildman–Crippen MR) is 182 cm³/mol. The minimum absolute atomic E-state index is 0.00528. The van der Waals surface area contributed by atoms with Gasteiger partial charge in [0.2, 0.25) is 5.71 Å². The first-order valence-corrected chi connectivity index (χ1v) is 19.2. The van der Waals surface area contributed by atoms with Gasteiger partial charge >= 0.3 is 11.8 Å². The number of aryl methyl sites for hydroxylation is 1. The maximum Gasteiger partial charge on any atom is 0.407 e. The fourth-order valence-corrected chi connectivity index (χ4v) is 6.30. The van der Waals surface area contributed by atoms with E-state index in [0.29, 0.717) is 17.7 Å². The van der Waals surface area contributed by atoms with Crippen molar-refractivity contribution >= 4 is 25.5 Å². The summed E-state index contributed by atoms with van der Waals surface area (Å²) in [4.78, 5) is 30.4. The van der Waals surface area contributed by atoms with E-state index < -0.39 is 38.5 Å². The molecule has 3 atom stereocenters. The van der Waals surface area contributed by atoms with E-state index in [2.05, 4.69) is 63.2 Å². The summed E-state index contributed by atoms with van der Waals surface area (Å²) in [6.07, 6.45) is 4.22. The van der Waals surface area contributed by atoms with Crippen LogP contribution in [0.2, 0.25) is 18.1 Å². The molecule has 3 unspecified atom stereocenters. The molecule has 1 amide bonds. The van der Waals surface area contributed by atoms with Crippen molar-refractivity contribution in [2.24, 2.45) is 0 Å². The van der Waals surface area contributed by atoms with Crippen LogP contribution in [0.15, 0.2) is 76.1 Å². The Labute approximate surface area is 272 Å². The summed E-state index contributed by atoms with van der Waals surface area (Å²) >= 11 is 0. The first-order chi connectivity index (χ1) is 21.9. The lowest BCUT2D eigenvalue weighted by Crippen LogP contribution is -2.44. The SMILES string of the molecule is CCCCCc1ccc(-c2cc3cn(C4CC(OC(=O)NCc5ccccc5)C(CO[Si](C)(C)C(C)(C)C)O4)c(=O)nc3o2)cc1. The van der Waals surface area contributed by atoms with Gasteiger partial charge in [-0.1, -0.05) is 95.1 Å². The van der Waals surface area contributed by atoms with E-state index in [1.54, 1.807) is 6.20 Å². The quantitative estimate of drug-likeness (QED) is 0.123. The van der Waals surface area contributed by atoms with Crippen molar-refractivity contribution in [2.45, 2.75) is 103 Å². The fourth-order valence-electron chi connectivity index (χ4n) is 5.29. The summed E-state index contributed by atoms with van der Waals surface area (Å²) in [6, 6.07) is 19.9. The normalized spacial score (nSPS) is 18.6. The Hall–Kier alpha value is -3.73. The number of aromatic nitrogens is 2. The number of nitrogens with one attached hydrogen (secondary N) is 1. The van der Waals surface area contributed by atoms with Gasteiger partial charge in [0.1, 0.15) is 24.2 Å². The van der Waals surface area contributed by atoms with E-state index in [0.717, 1.165) is 17.5 Å².